The molecule has 1 aliphatic heterocycles. The molecule has 0 bridgehead atoms. The molecule has 0 radical (unpaired) electrons. The first kappa shape index (κ1) is 20.3. The van der Waals surface area contributed by atoms with Crippen molar-refractivity contribution < 1.29 is 9.53 Å². The number of benzene rings is 1. The number of pyridine rings is 1. The molecule has 1 amide bonds. The number of nitrogens with one attached hydrogen (secondary N) is 3. The van der Waals surface area contributed by atoms with E-state index in [0.717, 1.165) is 17.1 Å². The average molecular weight is 442 g/mol. The molecule has 30 heavy (non-hydrogen) atoms. The highest BCUT2D eigenvalue weighted by atomic mass is 35.5. The third-order valence-electron chi connectivity index (χ3n) is 4.82. The van der Waals surface area contributed by atoms with Crippen LogP contribution in [0.4, 0.5) is 11.4 Å². The van der Waals surface area contributed by atoms with Crippen molar-refractivity contribution in [3.63, 3.8) is 0 Å². The van der Waals surface area contributed by atoms with Crippen LogP contribution in [0.15, 0.2) is 60.9 Å². The quantitative estimate of drug-likeness (QED) is 0.504. The van der Waals surface area contributed by atoms with Gasteiger partial charge >= 0.3 is 0 Å². The molecule has 1 fully saturated rings. The largest absolute Gasteiger partial charge is 0.375 e. The van der Waals surface area contributed by atoms with Crippen molar-refractivity contribution in [1.29, 1.82) is 0 Å². The van der Waals surface area contributed by atoms with Crippen LogP contribution in [0.1, 0.15) is 23.5 Å². The fraction of sp³-hybridized carbons (Fsp3) is 0.190. The Bertz CT molecular complexity index is 1040. The predicted molar refractivity (Wildman–Crippen MR) is 121 cm³/mol. The van der Waals surface area contributed by atoms with E-state index in [1.807, 2.05) is 47.5 Å². The van der Waals surface area contributed by atoms with Crippen LogP contribution >= 0.6 is 23.8 Å². The van der Waals surface area contributed by atoms with Crippen LogP contribution in [0, 0.1) is 0 Å². The van der Waals surface area contributed by atoms with E-state index in [-0.39, 0.29) is 24.6 Å². The Morgan fingerprint density at radius 2 is 2.17 bits per heavy atom. The zero-order chi connectivity index (χ0) is 21.1. The lowest BCUT2D eigenvalue weighted by Gasteiger charge is -2.27. The van der Waals surface area contributed by atoms with Gasteiger partial charge in [-0.05, 0) is 54.7 Å². The molecule has 154 valence electrons. The monoisotopic (exact) mass is 441 g/mol. The number of halogens is 1. The van der Waals surface area contributed by atoms with Crippen molar-refractivity contribution in [2.24, 2.45) is 0 Å². The molecule has 2 unspecified atom stereocenters. The first-order valence-electron chi connectivity index (χ1n) is 9.31. The third-order valence-corrected chi connectivity index (χ3v) is 5.45. The minimum Gasteiger partial charge on any atom is -0.375 e. The number of nitrogens with zero attached hydrogens (tertiary/aromatic N) is 2. The van der Waals surface area contributed by atoms with E-state index in [4.69, 9.17) is 28.6 Å². The molecule has 1 aliphatic rings. The molecule has 4 rings (SSSR count). The summed E-state index contributed by atoms with van der Waals surface area (Å²) < 4.78 is 4.85. The van der Waals surface area contributed by atoms with E-state index in [2.05, 4.69) is 20.6 Å². The fourth-order valence-electron chi connectivity index (χ4n) is 3.55. The third kappa shape index (κ3) is 4.02. The number of hydrogen-bond acceptors (Lipinski definition) is 4. The summed E-state index contributed by atoms with van der Waals surface area (Å²) in [7, 11) is 1.46. The van der Waals surface area contributed by atoms with E-state index < -0.39 is 0 Å². The number of aromatic amines is 1. The first-order valence-corrected chi connectivity index (χ1v) is 10.1. The van der Waals surface area contributed by atoms with E-state index in [0.29, 0.717) is 15.8 Å². The van der Waals surface area contributed by atoms with Gasteiger partial charge in [0.2, 0.25) is 5.91 Å². The van der Waals surface area contributed by atoms with Crippen LogP contribution in [-0.4, -0.2) is 34.7 Å². The summed E-state index contributed by atoms with van der Waals surface area (Å²) in [6.07, 6.45) is 3.65. The topological polar surface area (TPSA) is 82.3 Å². The Labute approximate surface area is 184 Å². The second-order valence-electron chi connectivity index (χ2n) is 6.77. The van der Waals surface area contributed by atoms with Crippen LogP contribution in [0.25, 0.3) is 0 Å². The molecule has 0 saturated carbocycles. The van der Waals surface area contributed by atoms with E-state index in [1.165, 1.54) is 7.11 Å². The number of methoxy groups -OCH3 is 1. The number of carbonyl (C=O) groups excluding carboxylic acids is 1. The zero-order valence-electron chi connectivity index (χ0n) is 16.1. The Morgan fingerprint density at radius 3 is 2.83 bits per heavy atom. The standard InChI is InChI=1S/C21H20ClN5O2S/c1-29-12-18(28)25-15-8-7-13(11-14(15)22)27-20(17-6-4-10-24-17)19(26-21(27)30)16-5-2-3-9-23-16/h2-11,19-20,24H,12H2,1H3,(H,25,28)(H,26,30). The Kier molecular flexibility index (Phi) is 5.98. The summed E-state index contributed by atoms with van der Waals surface area (Å²) >= 11 is 12.1. The number of anilines is 2. The molecule has 2 atom stereocenters. The van der Waals surface area contributed by atoms with E-state index in [1.54, 1.807) is 18.3 Å². The van der Waals surface area contributed by atoms with Crippen LogP contribution in [-0.2, 0) is 9.53 Å². The Morgan fingerprint density at radius 1 is 1.30 bits per heavy atom. The highest BCUT2D eigenvalue weighted by Gasteiger charge is 2.41. The number of rotatable bonds is 6. The smallest absolute Gasteiger partial charge is 0.250 e. The lowest BCUT2D eigenvalue weighted by molar-refractivity contribution is -0.119. The molecule has 3 N–H and O–H groups in total. The van der Waals surface area contributed by atoms with Crippen molar-refractivity contribution in [1.82, 2.24) is 15.3 Å². The van der Waals surface area contributed by atoms with Gasteiger partial charge in [0.15, 0.2) is 5.11 Å². The summed E-state index contributed by atoms with van der Waals surface area (Å²) in [5.41, 5.74) is 3.20. The van der Waals surface area contributed by atoms with E-state index >= 15 is 0 Å². The average Bonchev–Trinajstić information content (AvgIpc) is 3.38. The number of ether oxygens (including phenoxy) is 1. The molecular weight excluding hydrogens is 422 g/mol. The summed E-state index contributed by atoms with van der Waals surface area (Å²) in [4.78, 5) is 21.6. The van der Waals surface area contributed by atoms with Crippen molar-refractivity contribution >= 4 is 46.2 Å². The number of aromatic nitrogens is 2. The fourth-order valence-corrected chi connectivity index (χ4v) is 4.12. The van der Waals surface area contributed by atoms with Crippen LogP contribution in [0.5, 0.6) is 0 Å². The maximum atomic E-state index is 11.8. The SMILES string of the molecule is COCC(=O)Nc1ccc(N2C(=S)NC(c3ccccn3)C2c2ccc[nH]2)cc1Cl. The highest BCUT2D eigenvalue weighted by Crippen LogP contribution is 2.42. The molecule has 3 aromatic rings. The number of amides is 1. The van der Waals surface area contributed by atoms with E-state index in [9.17, 15) is 4.79 Å². The Hall–Kier alpha value is -2.94. The van der Waals surface area contributed by atoms with Gasteiger partial charge in [-0.15, -0.1) is 0 Å². The van der Waals surface area contributed by atoms with Gasteiger partial charge in [-0.3, -0.25) is 9.78 Å². The van der Waals surface area contributed by atoms with Crippen molar-refractivity contribution in [3.8, 4) is 0 Å². The second-order valence-corrected chi connectivity index (χ2v) is 7.56. The van der Waals surface area contributed by atoms with Gasteiger partial charge in [-0.1, -0.05) is 17.7 Å². The Balaban J connectivity index is 1.69. The normalized spacial score (nSPS) is 18.3. The van der Waals surface area contributed by atoms with Gasteiger partial charge in [0, 0.05) is 30.9 Å². The first-order chi connectivity index (χ1) is 14.6. The molecule has 2 aromatic heterocycles. The maximum Gasteiger partial charge on any atom is 0.250 e. The lowest BCUT2D eigenvalue weighted by atomic mass is 10.0. The minimum absolute atomic E-state index is 0.0428. The summed E-state index contributed by atoms with van der Waals surface area (Å²) in [5, 5.41) is 7.10. The van der Waals surface area contributed by atoms with Crippen LogP contribution in [0.2, 0.25) is 5.02 Å². The molecule has 1 saturated heterocycles. The molecule has 0 spiro atoms. The van der Waals surface area contributed by atoms with Crippen molar-refractivity contribution in [2.45, 2.75) is 12.1 Å². The van der Waals surface area contributed by atoms with Gasteiger partial charge in [-0.2, -0.15) is 0 Å². The second kappa shape index (κ2) is 8.83. The van der Waals surface area contributed by atoms with Gasteiger partial charge in [0.1, 0.15) is 12.6 Å². The zero-order valence-corrected chi connectivity index (χ0v) is 17.7. The van der Waals surface area contributed by atoms with Crippen molar-refractivity contribution in [2.75, 3.05) is 23.9 Å². The van der Waals surface area contributed by atoms with Gasteiger partial charge < -0.3 is 25.3 Å². The lowest BCUT2D eigenvalue weighted by Crippen LogP contribution is -2.29. The number of carbonyl (C=O) groups is 1. The number of thiocarbonyl (C=S) groups is 1. The van der Waals surface area contributed by atoms with Crippen molar-refractivity contribution in [3.05, 3.63) is 77.3 Å². The molecule has 3 heterocycles. The van der Waals surface area contributed by atoms with Gasteiger partial charge in [0.25, 0.3) is 0 Å². The van der Waals surface area contributed by atoms with Crippen LogP contribution in [0.3, 0.4) is 0 Å². The maximum absolute atomic E-state index is 11.8. The molecule has 9 heteroatoms. The number of H-pyrrole nitrogens is 1. The molecule has 0 aliphatic carbocycles. The summed E-state index contributed by atoms with van der Waals surface area (Å²) in [6.45, 7) is -0.0428. The highest BCUT2D eigenvalue weighted by molar-refractivity contribution is 7.80. The minimum atomic E-state index is -0.273. The predicted octanol–water partition coefficient (Wildman–Crippen LogP) is 3.83. The number of hydrogen-bond donors (Lipinski definition) is 3. The van der Waals surface area contributed by atoms with Gasteiger partial charge in [0.05, 0.1) is 22.4 Å². The van der Waals surface area contributed by atoms with Crippen LogP contribution < -0.4 is 15.5 Å². The molecular formula is C21H20ClN5O2S. The summed E-state index contributed by atoms with van der Waals surface area (Å²) in [6, 6.07) is 14.9. The summed E-state index contributed by atoms with van der Waals surface area (Å²) in [5.74, 6) is -0.273. The molecule has 7 nitrogen and oxygen atoms in total. The van der Waals surface area contributed by atoms with Gasteiger partial charge in [-0.25, -0.2) is 0 Å². The molecule has 1 aromatic carbocycles.